The molecule has 5 atom stereocenters. The molecule has 306 valence electrons. The van der Waals surface area contributed by atoms with Crippen LogP contribution in [0.5, 0.6) is 0 Å². The van der Waals surface area contributed by atoms with Gasteiger partial charge in [0.25, 0.3) is 6.71 Å². The molecule has 0 amide bonds. The topological polar surface area (TPSA) is 45.4 Å². The lowest BCUT2D eigenvalue weighted by atomic mass is 9.33. The standard InChI is InChI=1S/C57H49BN4S/c1-4-5-21-44(59)53-49(27-26-39-38-16-6-8-18-41(38)57(54(39)53)52-30-36-29-35(2)33-56(52,57)34-36)62-48-25-13-10-20-43(48)58-42-19-9-12-24-47(42)61(50-31-37(63-3)32-51(62)55(50)58)46-23-11-7-17-40(46)45-22-14-15-28-60-45/h4-28,31-32,35-36,52H,29-30,33-34,59H2,1-3H3/b5-4-,44-21-/t35?,36?,52?,56-,57?/m1/s1. The number of nitrogens with two attached hydrogens (primary N) is 1. The molecule has 2 spiro atoms. The highest BCUT2D eigenvalue weighted by Crippen LogP contribution is 2.87. The Labute approximate surface area is 375 Å². The van der Waals surface area contributed by atoms with Crippen LogP contribution < -0.4 is 31.9 Å². The van der Waals surface area contributed by atoms with Crippen molar-refractivity contribution < 1.29 is 0 Å². The second-order valence-corrected chi connectivity index (χ2v) is 19.9. The molecule has 0 radical (unpaired) electrons. The number of anilines is 6. The normalized spacial score (nSPS) is 24.2. The summed E-state index contributed by atoms with van der Waals surface area (Å²) in [5.41, 5.74) is 28.7. The zero-order valence-electron chi connectivity index (χ0n) is 36.1. The minimum Gasteiger partial charge on any atom is -0.398 e. The SMILES string of the molecule is C/C=C\C=C(/N)c1c(N2c3ccccc3B3c4ccccc4N(c4ccccc4-c4ccccn4)c4cc(SC)cc2c43)ccc2c1C1(c3ccccc3-2)C2CC3CC(C)C[C@@]21C3. The van der Waals surface area contributed by atoms with E-state index in [2.05, 4.69) is 182 Å². The average molecular weight is 833 g/mol. The summed E-state index contributed by atoms with van der Waals surface area (Å²) in [7, 11) is 0. The van der Waals surface area contributed by atoms with Gasteiger partial charge in [-0.2, -0.15) is 0 Å². The number of fused-ring (bicyclic) bond motifs is 11. The molecule has 7 aromatic rings. The average Bonchev–Trinajstić information content (AvgIpc) is 3.52. The molecule has 4 nitrogen and oxygen atoms in total. The molecule has 4 aliphatic carbocycles. The van der Waals surface area contributed by atoms with E-state index in [1.54, 1.807) is 11.8 Å². The smallest absolute Gasteiger partial charge is 0.252 e. The highest BCUT2D eigenvalue weighted by atomic mass is 32.2. The first-order valence-electron chi connectivity index (χ1n) is 22.8. The molecular weight excluding hydrogens is 784 g/mol. The van der Waals surface area contributed by atoms with Gasteiger partial charge in [-0.15, -0.1) is 11.8 Å². The van der Waals surface area contributed by atoms with Gasteiger partial charge in [-0.25, -0.2) is 0 Å². The molecule has 4 unspecified atom stereocenters. The third-order valence-electron chi connectivity index (χ3n) is 16.0. The summed E-state index contributed by atoms with van der Waals surface area (Å²) in [6.07, 6.45) is 15.8. The Bertz CT molecular complexity index is 3120. The molecule has 2 N–H and O–H groups in total. The zero-order valence-corrected chi connectivity index (χ0v) is 36.9. The van der Waals surface area contributed by atoms with E-state index in [4.69, 9.17) is 10.7 Å². The van der Waals surface area contributed by atoms with E-state index in [9.17, 15) is 0 Å². The van der Waals surface area contributed by atoms with Gasteiger partial charge in [-0.3, -0.25) is 4.98 Å². The van der Waals surface area contributed by atoms with Crippen molar-refractivity contribution in [2.24, 2.45) is 28.9 Å². The first-order valence-corrected chi connectivity index (χ1v) is 24.1. The summed E-state index contributed by atoms with van der Waals surface area (Å²) in [6, 6.07) is 52.3. The number of hydrogen-bond donors (Lipinski definition) is 1. The summed E-state index contributed by atoms with van der Waals surface area (Å²) in [5, 5.41) is 0. The van der Waals surface area contributed by atoms with Gasteiger partial charge in [0, 0.05) is 56.1 Å². The predicted octanol–water partition coefficient (Wildman–Crippen LogP) is 12.2. The van der Waals surface area contributed by atoms with Crippen molar-refractivity contribution in [3.8, 4) is 22.4 Å². The first kappa shape index (κ1) is 37.3. The first-order chi connectivity index (χ1) is 31.0. The number of nitrogens with zero attached hydrogens (tertiary/aromatic N) is 3. The molecule has 63 heavy (non-hydrogen) atoms. The van der Waals surface area contributed by atoms with Crippen molar-refractivity contribution >= 4 is 74.7 Å². The summed E-state index contributed by atoms with van der Waals surface area (Å²) < 4.78 is 0. The molecule has 1 aromatic heterocycles. The maximum atomic E-state index is 7.64. The molecule has 6 aliphatic rings. The number of hydrogen-bond acceptors (Lipinski definition) is 5. The third kappa shape index (κ3) is 4.88. The Balaban J connectivity index is 1.12. The van der Waals surface area contributed by atoms with Gasteiger partial charge in [0.15, 0.2) is 0 Å². The highest BCUT2D eigenvalue weighted by Gasteiger charge is 2.83. The lowest BCUT2D eigenvalue weighted by Crippen LogP contribution is -2.61. The molecule has 0 saturated heterocycles. The Hall–Kier alpha value is -6.24. The Morgan fingerprint density at radius 2 is 1.38 bits per heavy atom. The van der Waals surface area contributed by atoms with Crippen LogP contribution in [0.3, 0.4) is 0 Å². The fourth-order valence-corrected chi connectivity index (χ4v) is 14.6. The van der Waals surface area contributed by atoms with Crippen molar-refractivity contribution in [3.05, 3.63) is 181 Å². The summed E-state index contributed by atoms with van der Waals surface area (Å²) in [6.45, 7) is 4.63. The van der Waals surface area contributed by atoms with Crippen LogP contribution in [0.15, 0.2) is 169 Å². The molecule has 6 heteroatoms. The van der Waals surface area contributed by atoms with Crippen LogP contribution >= 0.6 is 11.8 Å². The fourth-order valence-electron chi connectivity index (χ4n) is 14.1. The van der Waals surface area contributed by atoms with E-state index in [1.807, 2.05) is 12.3 Å². The van der Waals surface area contributed by atoms with Crippen molar-refractivity contribution in [1.29, 1.82) is 0 Å². The van der Waals surface area contributed by atoms with Crippen LogP contribution in [0.2, 0.25) is 0 Å². The summed E-state index contributed by atoms with van der Waals surface area (Å²) >= 11 is 1.81. The second kappa shape index (κ2) is 13.6. The Kier molecular flexibility index (Phi) is 8.08. The molecule has 2 bridgehead atoms. The fraction of sp³-hybridized carbons (Fsp3) is 0.211. The summed E-state index contributed by atoms with van der Waals surface area (Å²) in [4.78, 5) is 11.2. The zero-order chi connectivity index (χ0) is 42.2. The van der Waals surface area contributed by atoms with Crippen molar-refractivity contribution in [1.82, 2.24) is 4.98 Å². The van der Waals surface area contributed by atoms with E-state index in [-0.39, 0.29) is 17.5 Å². The number of para-hydroxylation sites is 3. The quantitative estimate of drug-likeness (QED) is 0.103. The van der Waals surface area contributed by atoms with Crippen LogP contribution in [0.25, 0.3) is 28.1 Å². The Morgan fingerprint density at radius 3 is 2.10 bits per heavy atom. The molecule has 6 aromatic carbocycles. The van der Waals surface area contributed by atoms with Crippen molar-refractivity contribution in [2.45, 2.75) is 49.8 Å². The predicted molar refractivity (Wildman–Crippen MR) is 266 cm³/mol. The largest absolute Gasteiger partial charge is 0.398 e. The van der Waals surface area contributed by atoms with Gasteiger partial charge >= 0.3 is 0 Å². The molecule has 3 heterocycles. The monoisotopic (exact) mass is 832 g/mol. The van der Waals surface area contributed by atoms with Gasteiger partial charge in [0.05, 0.1) is 17.1 Å². The van der Waals surface area contributed by atoms with E-state index < -0.39 is 0 Å². The van der Waals surface area contributed by atoms with Gasteiger partial charge < -0.3 is 15.5 Å². The van der Waals surface area contributed by atoms with E-state index in [0.29, 0.717) is 5.92 Å². The van der Waals surface area contributed by atoms with E-state index in [0.717, 1.165) is 40.2 Å². The number of benzene rings is 6. The van der Waals surface area contributed by atoms with Gasteiger partial charge in [-0.1, -0.05) is 110 Å². The second-order valence-electron chi connectivity index (χ2n) is 19.0. The lowest BCUT2D eigenvalue weighted by molar-refractivity contribution is 0.204. The number of pyridine rings is 1. The van der Waals surface area contributed by atoms with Crippen LogP contribution in [0.4, 0.5) is 34.1 Å². The number of aromatic nitrogens is 1. The maximum Gasteiger partial charge on any atom is 0.252 e. The third-order valence-corrected chi connectivity index (χ3v) is 16.7. The van der Waals surface area contributed by atoms with Gasteiger partial charge in [0.2, 0.25) is 0 Å². The number of thioether (sulfide) groups is 1. The number of rotatable bonds is 6. The minimum atomic E-state index is -0.0485. The van der Waals surface area contributed by atoms with Gasteiger partial charge in [0.1, 0.15) is 0 Å². The highest BCUT2D eigenvalue weighted by molar-refractivity contribution is 7.98. The minimum absolute atomic E-state index is 0.0274. The number of allylic oxidation sites excluding steroid dienone is 3. The van der Waals surface area contributed by atoms with Crippen LogP contribution in [-0.4, -0.2) is 18.0 Å². The van der Waals surface area contributed by atoms with Crippen LogP contribution in [0.1, 0.15) is 56.2 Å². The Morgan fingerprint density at radius 1 is 0.714 bits per heavy atom. The van der Waals surface area contributed by atoms with Crippen molar-refractivity contribution in [3.63, 3.8) is 0 Å². The molecular formula is C57H49BN4S. The molecule has 2 aliphatic heterocycles. The van der Waals surface area contributed by atoms with E-state index in [1.165, 1.54) is 97.5 Å². The lowest BCUT2D eigenvalue weighted by Gasteiger charge is -2.45. The molecule has 3 saturated carbocycles. The molecule has 13 rings (SSSR count). The molecule has 3 fully saturated rings. The van der Waals surface area contributed by atoms with Crippen LogP contribution in [0, 0.1) is 23.2 Å². The van der Waals surface area contributed by atoms with Crippen LogP contribution in [-0.2, 0) is 5.41 Å². The maximum absolute atomic E-state index is 7.64. The summed E-state index contributed by atoms with van der Waals surface area (Å²) in [5.74, 6) is 2.18. The van der Waals surface area contributed by atoms with Gasteiger partial charge in [-0.05, 0) is 155 Å². The van der Waals surface area contributed by atoms with Crippen molar-refractivity contribution in [2.75, 3.05) is 16.1 Å². The van der Waals surface area contributed by atoms with E-state index >= 15 is 0 Å².